The molecule has 0 saturated heterocycles. The Balaban J connectivity index is 2.33. The van der Waals surface area contributed by atoms with E-state index >= 15 is 0 Å². The Morgan fingerprint density at radius 3 is 2.65 bits per heavy atom. The molecular weight excluding hydrogens is 292 g/mol. The third-order valence-electron chi connectivity index (χ3n) is 1.94. The predicted molar refractivity (Wildman–Crippen MR) is 90.9 cm³/mol. The van der Waals surface area contributed by atoms with Gasteiger partial charge in [0.25, 0.3) is 0 Å². The van der Waals surface area contributed by atoms with E-state index in [4.69, 9.17) is 23.7 Å². The summed E-state index contributed by atoms with van der Waals surface area (Å²) in [4.78, 5) is 0. The van der Waals surface area contributed by atoms with Crippen molar-refractivity contribution in [3.8, 4) is 0 Å². The predicted octanol–water partition coefficient (Wildman–Crippen LogP) is 1.43. The van der Waals surface area contributed by atoms with E-state index in [9.17, 15) is 0 Å². The van der Waals surface area contributed by atoms with Gasteiger partial charge in [0.2, 0.25) is 5.96 Å². The summed E-state index contributed by atoms with van der Waals surface area (Å²) in [6.45, 7) is 1.72. The summed E-state index contributed by atoms with van der Waals surface area (Å²) in [6, 6.07) is 10.1. The second-order valence-electron chi connectivity index (χ2n) is 3.70. The number of benzene rings is 1. The maximum absolute atomic E-state index is 5.15. The second-order valence-corrected chi connectivity index (χ2v) is 5.35. The Kier molecular flexibility index (Phi) is 7.30. The standard InChI is InChI=1S/C12H16N6S2/c1-9(16-17-11(13)14)7-15-18-12(19)20-8-10-5-3-2-4-6-10/h2-7H,8H2,1H3,(H,18,19)(H4,13,14,17)/b15-7-,16-9-. The quantitative estimate of drug-likeness (QED) is 0.330. The number of thiocarbonyl (C=S) groups is 1. The maximum Gasteiger partial charge on any atom is 0.211 e. The van der Waals surface area contributed by atoms with Crippen LogP contribution < -0.4 is 16.9 Å². The molecule has 0 bridgehead atoms. The van der Waals surface area contributed by atoms with Crippen molar-refractivity contribution in [2.45, 2.75) is 12.7 Å². The lowest BCUT2D eigenvalue weighted by atomic mass is 10.2. The SMILES string of the molecule is CC(/C=N\NC(=S)SCc1ccccc1)=N/N=C(N)N. The van der Waals surface area contributed by atoms with Gasteiger partial charge in [-0.15, -0.1) is 5.10 Å². The summed E-state index contributed by atoms with van der Waals surface area (Å²) in [5, 5.41) is 11.2. The molecule has 0 atom stereocenters. The molecule has 1 rings (SSSR count). The minimum Gasteiger partial charge on any atom is -0.369 e. The molecule has 1 aromatic carbocycles. The molecular formula is C12H16N6S2. The van der Waals surface area contributed by atoms with Gasteiger partial charge in [-0.2, -0.15) is 10.2 Å². The largest absolute Gasteiger partial charge is 0.369 e. The van der Waals surface area contributed by atoms with Crippen LogP contribution in [0.1, 0.15) is 12.5 Å². The third kappa shape index (κ3) is 7.49. The van der Waals surface area contributed by atoms with Crippen molar-refractivity contribution in [3.05, 3.63) is 35.9 Å². The van der Waals surface area contributed by atoms with E-state index in [1.165, 1.54) is 23.5 Å². The lowest BCUT2D eigenvalue weighted by molar-refractivity contribution is 1.07. The fourth-order valence-electron chi connectivity index (χ4n) is 1.10. The van der Waals surface area contributed by atoms with Crippen LogP contribution >= 0.6 is 24.0 Å². The van der Waals surface area contributed by atoms with E-state index in [2.05, 4.69) is 20.7 Å². The smallest absolute Gasteiger partial charge is 0.211 e. The first-order valence-electron chi connectivity index (χ1n) is 5.71. The highest BCUT2D eigenvalue weighted by molar-refractivity contribution is 8.22. The number of nitrogens with zero attached hydrogens (tertiary/aromatic N) is 3. The average molecular weight is 308 g/mol. The molecule has 0 radical (unpaired) electrons. The van der Waals surface area contributed by atoms with Crippen molar-refractivity contribution in [2.75, 3.05) is 0 Å². The van der Waals surface area contributed by atoms with Gasteiger partial charge in [-0.25, -0.2) is 0 Å². The van der Waals surface area contributed by atoms with Crippen LogP contribution in [0.3, 0.4) is 0 Å². The van der Waals surface area contributed by atoms with Crippen LogP contribution in [0.5, 0.6) is 0 Å². The molecule has 0 aliphatic rings. The second kappa shape index (κ2) is 9.05. The molecule has 0 unspecified atom stereocenters. The number of hydrazone groups is 1. The molecule has 0 spiro atoms. The average Bonchev–Trinajstić information content (AvgIpc) is 2.44. The van der Waals surface area contributed by atoms with Crippen molar-refractivity contribution < 1.29 is 0 Å². The highest BCUT2D eigenvalue weighted by Gasteiger charge is 1.97. The molecule has 0 fully saturated rings. The lowest BCUT2D eigenvalue weighted by Crippen LogP contribution is -2.22. The Morgan fingerprint density at radius 2 is 2.00 bits per heavy atom. The summed E-state index contributed by atoms with van der Waals surface area (Å²) in [6.07, 6.45) is 1.49. The molecule has 0 amide bonds. The molecule has 8 heteroatoms. The van der Waals surface area contributed by atoms with Crippen LogP contribution in [-0.2, 0) is 5.75 Å². The molecule has 0 aliphatic carbocycles. The first kappa shape index (κ1) is 16.1. The molecule has 0 saturated carbocycles. The Bertz CT molecular complexity index is 520. The highest BCUT2D eigenvalue weighted by atomic mass is 32.2. The summed E-state index contributed by atoms with van der Waals surface area (Å²) >= 11 is 6.64. The zero-order valence-corrected chi connectivity index (χ0v) is 12.6. The number of rotatable bonds is 5. The molecule has 106 valence electrons. The van der Waals surface area contributed by atoms with Gasteiger partial charge in [0.05, 0.1) is 11.9 Å². The first-order valence-corrected chi connectivity index (χ1v) is 7.10. The maximum atomic E-state index is 5.15. The van der Waals surface area contributed by atoms with Crippen LogP contribution in [0, 0.1) is 0 Å². The number of guanidine groups is 1. The number of hydrogen-bond donors (Lipinski definition) is 3. The van der Waals surface area contributed by atoms with Crippen molar-refractivity contribution >= 4 is 46.2 Å². The van der Waals surface area contributed by atoms with E-state index in [1.807, 2.05) is 30.3 Å². The van der Waals surface area contributed by atoms with Crippen LogP contribution in [0.25, 0.3) is 0 Å². The van der Waals surface area contributed by atoms with Crippen molar-refractivity contribution in [3.63, 3.8) is 0 Å². The van der Waals surface area contributed by atoms with E-state index < -0.39 is 0 Å². The minimum atomic E-state index is -0.0975. The fraction of sp³-hybridized carbons (Fsp3) is 0.167. The molecule has 5 N–H and O–H groups in total. The number of hydrogen-bond acceptors (Lipinski definition) is 5. The van der Waals surface area contributed by atoms with Gasteiger partial charge in [-0.05, 0) is 12.5 Å². The number of nitrogens with one attached hydrogen (secondary N) is 1. The van der Waals surface area contributed by atoms with E-state index in [0.717, 1.165) is 5.75 Å². The van der Waals surface area contributed by atoms with Gasteiger partial charge in [0.15, 0.2) is 4.32 Å². The van der Waals surface area contributed by atoms with Gasteiger partial charge in [-0.1, -0.05) is 54.3 Å². The van der Waals surface area contributed by atoms with E-state index in [0.29, 0.717) is 10.0 Å². The summed E-state index contributed by atoms with van der Waals surface area (Å²) in [7, 11) is 0. The Labute approximate surface area is 127 Å². The van der Waals surface area contributed by atoms with Crippen LogP contribution in [0.2, 0.25) is 0 Å². The zero-order chi connectivity index (χ0) is 14.8. The normalized spacial score (nSPS) is 11.3. The highest BCUT2D eigenvalue weighted by Crippen LogP contribution is 2.12. The number of thioether (sulfide) groups is 1. The fourth-order valence-corrected chi connectivity index (χ4v) is 1.93. The summed E-state index contributed by atoms with van der Waals surface area (Å²) < 4.78 is 0.583. The molecule has 6 nitrogen and oxygen atoms in total. The Hall–Kier alpha value is -1.93. The lowest BCUT2D eigenvalue weighted by Gasteiger charge is -2.02. The summed E-state index contributed by atoms with van der Waals surface area (Å²) in [5.41, 5.74) is 14.8. The molecule has 0 heterocycles. The van der Waals surface area contributed by atoms with Crippen LogP contribution in [0.4, 0.5) is 0 Å². The van der Waals surface area contributed by atoms with Crippen LogP contribution in [0.15, 0.2) is 45.6 Å². The Morgan fingerprint density at radius 1 is 1.30 bits per heavy atom. The van der Waals surface area contributed by atoms with Crippen LogP contribution in [-0.4, -0.2) is 22.2 Å². The van der Waals surface area contributed by atoms with Gasteiger partial charge in [0.1, 0.15) is 0 Å². The molecule has 0 aromatic heterocycles. The first-order chi connectivity index (χ1) is 9.58. The topological polar surface area (TPSA) is 101 Å². The van der Waals surface area contributed by atoms with Gasteiger partial charge in [-0.3, -0.25) is 5.43 Å². The zero-order valence-electron chi connectivity index (χ0n) is 11.0. The van der Waals surface area contributed by atoms with Gasteiger partial charge < -0.3 is 11.5 Å². The monoisotopic (exact) mass is 308 g/mol. The molecule has 0 aliphatic heterocycles. The van der Waals surface area contributed by atoms with E-state index in [1.54, 1.807) is 6.92 Å². The minimum absolute atomic E-state index is 0.0975. The van der Waals surface area contributed by atoms with E-state index in [-0.39, 0.29) is 5.96 Å². The van der Waals surface area contributed by atoms with Crippen molar-refractivity contribution in [2.24, 2.45) is 26.8 Å². The summed E-state index contributed by atoms with van der Waals surface area (Å²) in [5.74, 6) is 0.697. The molecule has 20 heavy (non-hydrogen) atoms. The van der Waals surface area contributed by atoms with Crippen molar-refractivity contribution in [1.82, 2.24) is 5.43 Å². The number of nitrogens with two attached hydrogens (primary N) is 2. The van der Waals surface area contributed by atoms with Gasteiger partial charge in [0, 0.05) is 5.75 Å². The van der Waals surface area contributed by atoms with Gasteiger partial charge >= 0.3 is 0 Å². The van der Waals surface area contributed by atoms with Crippen molar-refractivity contribution in [1.29, 1.82) is 0 Å². The molecule has 1 aromatic rings. The third-order valence-corrected chi connectivity index (χ3v) is 3.22.